The standard InChI is InChI=1S/C12H10N2O3/c1-14-7-5-8(9-4-2-3-6-13-9)10(11(14)15)12(16)17/h2-7H,1H3,(H,16,17). The zero-order valence-electron chi connectivity index (χ0n) is 9.12. The smallest absolute Gasteiger partial charge is 0.342 e. The van der Waals surface area contributed by atoms with E-state index in [-0.39, 0.29) is 5.56 Å². The largest absolute Gasteiger partial charge is 0.477 e. The minimum absolute atomic E-state index is 0.256. The summed E-state index contributed by atoms with van der Waals surface area (Å²) in [6.45, 7) is 0. The first-order valence-corrected chi connectivity index (χ1v) is 4.95. The maximum Gasteiger partial charge on any atom is 0.342 e. The lowest BCUT2D eigenvalue weighted by Crippen LogP contribution is -2.24. The van der Waals surface area contributed by atoms with Gasteiger partial charge >= 0.3 is 5.97 Å². The van der Waals surface area contributed by atoms with Crippen LogP contribution in [-0.4, -0.2) is 20.6 Å². The highest BCUT2D eigenvalue weighted by atomic mass is 16.4. The van der Waals surface area contributed by atoms with Crippen LogP contribution >= 0.6 is 0 Å². The molecular formula is C12H10N2O3. The van der Waals surface area contributed by atoms with Crippen LogP contribution in [0.2, 0.25) is 0 Å². The molecule has 0 aromatic carbocycles. The Hall–Kier alpha value is -2.43. The number of aromatic nitrogens is 2. The summed E-state index contributed by atoms with van der Waals surface area (Å²) in [6.07, 6.45) is 3.08. The quantitative estimate of drug-likeness (QED) is 0.839. The second-order valence-corrected chi connectivity index (χ2v) is 3.54. The Morgan fingerprint density at radius 3 is 2.71 bits per heavy atom. The summed E-state index contributed by atoms with van der Waals surface area (Å²) in [4.78, 5) is 26.9. The molecule has 0 saturated heterocycles. The number of carboxylic acid groups (broad SMARTS) is 1. The SMILES string of the molecule is Cn1ccc(-c2ccccn2)c(C(=O)O)c1=O. The van der Waals surface area contributed by atoms with Crippen molar-refractivity contribution < 1.29 is 9.90 Å². The van der Waals surface area contributed by atoms with Crippen LogP contribution in [0.1, 0.15) is 10.4 Å². The Morgan fingerprint density at radius 2 is 2.12 bits per heavy atom. The van der Waals surface area contributed by atoms with E-state index in [9.17, 15) is 9.59 Å². The van der Waals surface area contributed by atoms with Gasteiger partial charge in [0.15, 0.2) is 0 Å². The molecule has 2 heterocycles. The van der Waals surface area contributed by atoms with Gasteiger partial charge in [0.25, 0.3) is 5.56 Å². The summed E-state index contributed by atoms with van der Waals surface area (Å²) in [5.74, 6) is -1.24. The highest BCUT2D eigenvalue weighted by Crippen LogP contribution is 2.18. The summed E-state index contributed by atoms with van der Waals surface area (Å²) in [5, 5.41) is 9.09. The normalized spacial score (nSPS) is 10.2. The average molecular weight is 230 g/mol. The number of carbonyl (C=O) groups is 1. The average Bonchev–Trinajstić information content (AvgIpc) is 2.33. The molecule has 2 aromatic heterocycles. The second-order valence-electron chi connectivity index (χ2n) is 3.54. The minimum Gasteiger partial charge on any atom is -0.477 e. The van der Waals surface area contributed by atoms with Crippen molar-refractivity contribution in [2.45, 2.75) is 0 Å². The number of nitrogens with zero attached hydrogens (tertiary/aromatic N) is 2. The number of aromatic carboxylic acids is 1. The molecule has 17 heavy (non-hydrogen) atoms. The van der Waals surface area contributed by atoms with Crippen LogP contribution < -0.4 is 5.56 Å². The first-order chi connectivity index (χ1) is 8.11. The second kappa shape index (κ2) is 4.21. The van der Waals surface area contributed by atoms with Gasteiger partial charge < -0.3 is 9.67 Å². The number of rotatable bonds is 2. The van der Waals surface area contributed by atoms with Gasteiger partial charge in [-0.25, -0.2) is 4.79 Å². The molecule has 0 radical (unpaired) electrons. The molecule has 0 bridgehead atoms. The van der Waals surface area contributed by atoms with Gasteiger partial charge in [0.05, 0.1) is 5.69 Å². The van der Waals surface area contributed by atoms with Crippen molar-refractivity contribution in [2.24, 2.45) is 7.05 Å². The minimum atomic E-state index is -1.24. The molecule has 0 aliphatic carbocycles. The third-order valence-electron chi connectivity index (χ3n) is 2.42. The maximum absolute atomic E-state index is 11.8. The van der Waals surface area contributed by atoms with Crippen LogP contribution in [0.15, 0.2) is 41.5 Å². The fourth-order valence-electron chi connectivity index (χ4n) is 1.57. The van der Waals surface area contributed by atoms with Crippen molar-refractivity contribution in [3.05, 3.63) is 52.6 Å². The van der Waals surface area contributed by atoms with E-state index in [1.165, 1.54) is 17.8 Å². The molecule has 0 aliphatic heterocycles. The van der Waals surface area contributed by atoms with Crippen molar-refractivity contribution in [1.29, 1.82) is 0 Å². The Balaban J connectivity index is 2.76. The van der Waals surface area contributed by atoms with Gasteiger partial charge in [0.2, 0.25) is 0 Å². The Kier molecular flexibility index (Phi) is 2.74. The van der Waals surface area contributed by atoms with Crippen molar-refractivity contribution in [3.8, 4) is 11.3 Å². The van der Waals surface area contributed by atoms with Crippen LogP contribution in [0.5, 0.6) is 0 Å². The van der Waals surface area contributed by atoms with E-state index in [0.29, 0.717) is 11.3 Å². The third kappa shape index (κ3) is 1.94. The lowest BCUT2D eigenvalue weighted by Gasteiger charge is -2.06. The summed E-state index contributed by atoms with van der Waals surface area (Å²) in [7, 11) is 1.51. The number of hydrogen-bond donors (Lipinski definition) is 1. The van der Waals surface area contributed by atoms with E-state index in [2.05, 4.69) is 4.98 Å². The fraction of sp³-hybridized carbons (Fsp3) is 0.0833. The van der Waals surface area contributed by atoms with Crippen molar-refractivity contribution in [1.82, 2.24) is 9.55 Å². The molecule has 5 nitrogen and oxygen atoms in total. The van der Waals surface area contributed by atoms with Crippen LogP contribution in [0.25, 0.3) is 11.3 Å². The molecule has 86 valence electrons. The fourth-order valence-corrected chi connectivity index (χ4v) is 1.57. The zero-order valence-corrected chi connectivity index (χ0v) is 9.12. The predicted molar refractivity (Wildman–Crippen MR) is 61.9 cm³/mol. The van der Waals surface area contributed by atoms with Crippen molar-refractivity contribution in [2.75, 3.05) is 0 Å². The van der Waals surface area contributed by atoms with Gasteiger partial charge in [-0.2, -0.15) is 0 Å². The molecule has 0 saturated carbocycles. The van der Waals surface area contributed by atoms with E-state index >= 15 is 0 Å². The molecule has 2 rings (SSSR count). The van der Waals surface area contributed by atoms with Crippen LogP contribution in [0.3, 0.4) is 0 Å². The maximum atomic E-state index is 11.8. The summed E-state index contributed by atoms with van der Waals surface area (Å²) in [6, 6.07) is 6.71. The molecule has 0 amide bonds. The lowest BCUT2D eigenvalue weighted by molar-refractivity contribution is 0.0695. The molecule has 0 aliphatic rings. The number of pyridine rings is 2. The molecule has 0 atom stereocenters. The van der Waals surface area contributed by atoms with Crippen LogP contribution in [-0.2, 0) is 7.05 Å². The van der Waals surface area contributed by atoms with Gasteiger partial charge in [-0.1, -0.05) is 6.07 Å². The summed E-state index contributed by atoms with van der Waals surface area (Å²) < 4.78 is 1.23. The van der Waals surface area contributed by atoms with Gasteiger partial charge in [-0.05, 0) is 18.2 Å². The van der Waals surface area contributed by atoms with Gasteiger partial charge in [0.1, 0.15) is 5.56 Å². The predicted octanol–water partition coefficient (Wildman–Crippen LogP) is 1.15. The van der Waals surface area contributed by atoms with Gasteiger partial charge in [0, 0.05) is 25.0 Å². The third-order valence-corrected chi connectivity index (χ3v) is 2.42. The zero-order chi connectivity index (χ0) is 12.4. The van der Waals surface area contributed by atoms with Gasteiger partial charge in [-0.15, -0.1) is 0 Å². The number of aryl methyl sites for hydroxylation is 1. The Labute approximate surface area is 97.0 Å². The Bertz CT molecular complexity index is 617. The lowest BCUT2D eigenvalue weighted by atomic mass is 10.1. The molecule has 0 fully saturated rings. The molecule has 0 unspecified atom stereocenters. The Morgan fingerprint density at radius 1 is 1.35 bits per heavy atom. The molecule has 2 aromatic rings. The monoisotopic (exact) mass is 230 g/mol. The van der Waals surface area contributed by atoms with Crippen molar-refractivity contribution in [3.63, 3.8) is 0 Å². The van der Waals surface area contributed by atoms with E-state index in [1.54, 1.807) is 30.5 Å². The first-order valence-electron chi connectivity index (χ1n) is 4.95. The number of carboxylic acids is 1. The van der Waals surface area contributed by atoms with E-state index in [1.807, 2.05) is 0 Å². The van der Waals surface area contributed by atoms with Crippen molar-refractivity contribution >= 4 is 5.97 Å². The van der Waals surface area contributed by atoms with E-state index in [0.717, 1.165) is 0 Å². The molecular weight excluding hydrogens is 220 g/mol. The topological polar surface area (TPSA) is 72.2 Å². The van der Waals surface area contributed by atoms with E-state index < -0.39 is 11.5 Å². The molecule has 0 spiro atoms. The first kappa shape index (κ1) is 11.1. The van der Waals surface area contributed by atoms with Crippen LogP contribution in [0, 0.1) is 0 Å². The summed E-state index contributed by atoms with van der Waals surface area (Å²) in [5.41, 5.74) is 0.0122. The highest BCUT2D eigenvalue weighted by molar-refractivity contribution is 5.94. The van der Waals surface area contributed by atoms with E-state index in [4.69, 9.17) is 5.11 Å². The molecule has 1 N–H and O–H groups in total. The summed E-state index contributed by atoms with van der Waals surface area (Å²) >= 11 is 0. The highest BCUT2D eigenvalue weighted by Gasteiger charge is 2.17. The van der Waals surface area contributed by atoms with Crippen LogP contribution in [0.4, 0.5) is 0 Å². The number of hydrogen-bond acceptors (Lipinski definition) is 3. The van der Waals surface area contributed by atoms with Gasteiger partial charge in [-0.3, -0.25) is 9.78 Å². The molecule has 5 heteroatoms.